The van der Waals surface area contributed by atoms with Crippen molar-refractivity contribution in [1.29, 1.82) is 0 Å². The van der Waals surface area contributed by atoms with E-state index in [-0.39, 0.29) is 5.69 Å². The Bertz CT molecular complexity index is 792. The number of halogens is 3. The Labute approximate surface area is 139 Å². The van der Waals surface area contributed by atoms with Gasteiger partial charge in [-0.2, -0.15) is 18.3 Å². The number of rotatable bonds is 3. The highest BCUT2D eigenvalue weighted by Gasteiger charge is 2.53. The summed E-state index contributed by atoms with van der Waals surface area (Å²) in [6.45, 7) is -1.21. The molecule has 0 unspecified atom stereocenters. The molecule has 10 heteroatoms. The van der Waals surface area contributed by atoms with Gasteiger partial charge < -0.3 is 10.0 Å². The third-order valence-electron chi connectivity index (χ3n) is 4.08. The molecule has 7 nitrogen and oxygen atoms in total. The van der Waals surface area contributed by atoms with Crippen molar-refractivity contribution in [2.45, 2.75) is 6.18 Å². The first-order valence-electron chi connectivity index (χ1n) is 7.32. The number of nitrogens with zero attached hydrogens (tertiary/aromatic N) is 4. The van der Waals surface area contributed by atoms with Gasteiger partial charge in [0.1, 0.15) is 5.69 Å². The number of carboxylic acid groups (broad SMARTS) is 1. The zero-order valence-corrected chi connectivity index (χ0v) is 12.7. The molecule has 3 heterocycles. The van der Waals surface area contributed by atoms with Crippen LogP contribution in [-0.4, -0.2) is 55.9 Å². The summed E-state index contributed by atoms with van der Waals surface area (Å²) in [6, 6.07) is 4.66. The maximum Gasteiger partial charge on any atom is 0.394 e. The molecule has 3 rings (SSSR count). The van der Waals surface area contributed by atoms with Crippen LogP contribution in [0.1, 0.15) is 10.5 Å². The smallest absolute Gasteiger partial charge is 0.394 e. The molecule has 0 bridgehead atoms. The second-order valence-electron chi connectivity index (χ2n) is 5.65. The van der Waals surface area contributed by atoms with Gasteiger partial charge in [0.2, 0.25) is 0 Å². The molecule has 0 spiro atoms. The lowest BCUT2D eigenvalue weighted by Crippen LogP contribution is -2.34. The third kappa shape index (κ3) is 3.32. The molecular formula is C15H13F3N4O3. The van der Waals surface area contributed by atoms with Gasteiger partial charge in [-0.3, -0.25) is 14.6 Å². The van der Waals surface area contributed by atoms with Gasteiger partial charge in [-0.05, 0) is 18.2 Å². The summed E-state index contributed by atoms with van der Waals surface area (Å²) in [5, 5.41) is 13.0. The van der Waals surface area contributed by atoms with E-state index in [1.54, 1.807) is 18.3 Å². The van der Waals surface area contributed by atoms with Crippen LogP contribution in [0, 0.1) is 11.8 Å². The number of carboxylic acids is 1. The fourth-order valence-corrected chi connectivity index (χ4v) is 2.81. The van der Waals surface area contributed by atoms with Crippen LogP contribution in [0.2, 0.25) is 0 Å². The maximum atomic E-state index is 13.0. The van der Waals surface area contributed by atoms with Crippen molar-refractivity contribution in [1.82, 2.24) is 19.7 Å². The summed E-state index contributed by atoms with van der Waals surface area (Å²) in [5.41, 5.74) is 0.449. The summed E-state index contributed by atoms with van der Waals surface area (Å²) >= 11 is 0. The molecule has 0 aliphatic carbocycles. The van der Waals surface area contributed by atoms with Crippen LogP contribution >= 0.6 is 0 Å². The fraction of sp³-hybridized carbons (Fsp3) is 0.333. The minimum absolute atomic E-state index is 0.0695. The molecule has 1 amide bonds. The normalized spacial score (nSPS) is 20.7. The maximum absolute atomic E-state index is 13.0. The molecule has 0 saturated carbocycles. The first-order valence-corrected chi connectivity index (χ1v) is 7.32. The number of aromatic nitrogens is 3. The molecule has 2 atom stereocenters. The number of carbonyl (C=O) groups excluding carboxylic acids is 1. The number of hydrogen-bond acceptors (Lipinski definition) is 4. The zero-order chi connectivity index (χ0) is 18.2. The van der Waals surface area contributed by atoms with E-state index in [0.717, 1.165) is 4.90 Å². The molecule has 2 aromatic heterocycles. The summed E-state index contributed by atoms with van der Waals surface area (Å²) in [7, 11) is 0. The van der Waals surface area contributed by atoms with Crippen molar-refractivity contribution in [2.24, 2.45) is 11.8 Å². The number of alkyl halides is 3. The van der Waals surface area contributed by atoms with Crippen LogP contribution in [-0.2, 0) is 4.79 Å². The van der Waals surface area contributed by atoms with E-state index in [2.05, 4.69) is 10.1 Å². The molecule has 1 aliphatic heterocycles. The van der Waals surface area contributed by atoms with Crippen molar-refractivity contribution in [3.63, 3.8) is 0 Å². The van der Waals surface area contributed by atoms with Gasteiger partial charge in [0.05, 0.1) is 17.5 Å². The predicted octanol–water partition coefficient (Wildman–Crippen LogP) is 1.60. The Kier molecular flexibility index (Phi) is 4.19. The van der Waals surface area contributed by atoms with Crippen molar-refractivity contribution in [3.8, 4) is 5.69 Å². The van der Waals surface area contributed by atoms with E-state index in [9.17, 15) is 22.8 Å². The van der Waals surface area contributed by atoms with E-state index in [4.69, 9.17) is 5.11 Å². The van der Waals surface area contributed by atoms with E-state index in [1.165, 1.54) is 23.1 Å². The molecule has 1 N–H and O–H groups in total. The molecule has 2 aromatic rings. The van der Waals surface area contributed by atoms with Gasteiger partial charge >= 0.3 is 12.1 Å². The van der Waals surface area contributed by atoms with Crippen molar-refractivity contribution in [3.05, 3.63) is 42.5 Å². The summed E-state index contributed by atoms with van der Waals surface area (Å²) < 4.78 is 40.6. The Balaban J connectivity index is 1.84. The lowest BCUT2D eigenvalue weighted by molar-refractivity contribution is -0.187. The van der Waals surface area contributed by atoms with E-state index in [1.807, 2.05) is 0 Å². The van der Waals surface area contributed by atoms with E-state index < -0.39 is 43.0 Å². The molecule has 1 fully saturated rings. The Hall–Kier alpha value is -2.91. The van der Waals surface area contributed by atoms with Crippen molar-refractivity contribution >= 4 is 11.9 Å². The van der Waals surface area contributed by atoms with Gasteiger partial charge in [-0.15, -0.1) is 0 Å². The number of amides is 1. The Morgan fingerprint density at radius 1 is 1.24 bits per heavy atom. The molecule has 132 valence electrons. The first-order chi connectivity index (χ1) is 11.8. The van der Waals surface area contributed by atoms with Gasteiger partial charge in [-0.1, -0.05) is 0 Å². The van der Waals surface area contributed by atoms with Gasteiger partial charge in [0.15, 0.2) is 0 Å². The van der Waals surface area contributed by atoms with Crippen molar-refractivity contribution in [2.75, 3.05) is 13.1 Å². The largest absolute Gasteiger partial charge is 0.481 e. The lowest BCUT2D eigenvalue weighted by atomic mass is 9.96. The minimum Gasteiger partial charge on any atom is -0.481 e. The second-order valence-corrected chi connectivity index (χ2v) is 5.65. The molecule has 0 radical (unpaired) electrons. The highest BCUT2D eigenvalue weighted by Crippen LogP contribution is 2.38. The van der Waals surface area contributed by atoms with E-state index >= 15 is 0 Å². The minimum atomic E-state index is -4.69. The Morgan fingerprint density at radius 3 is 2.56 bits per heavy atom. The second kappa shape index (κ2) is 6.19. The lowest BCUT2D eigenvalue weighted by Gasteiger charge is -2.18. The highest BCUT2D eigenvalue weighted by molar-refractivity contribution is 5.93. The topological polar surface area (TPSA) is 88.3 Å². The van der Waals surface area contributed by atoms with Gasteiger partial charge in [0, 0.05) is 31.7 Å². The number of likely N-dealkylation sites (tertiary alicyclic amines) is 1. The number of aliphatic carboxylic acids is 1. The average molecular weight is 354 g/mol. The quantitative estimate of drug-likeness (QED) is 0.905. The highest BCUT2D eigenvalue weighted by atomic mass is 19.4. The molecular weight excluding hydrogens is 341 g/mol. The molecule has 0 aromatic carbocycles. The van der Waals surface area contributed by atoms with Crippen molar-refractivity contribution < 1.29 is 27.9 Å². The summed E-state index contributed by atoms with van der Waals surface area (Å²) in [6.07, 6.45) is -0.175. The van der Waals surface area contributed by atoms with Gasteiger partial charge in [0.25, 0.3) is 5.91 Å². The summed E-state index contributed by atoms with van der Waals surface area (Å²) in [5.74, 6) is -6.09. The fourth-order valence-electron chi connectivity index (χ4n) is 2.81. The SMILES string of the molecule is O=C(O)[C@@H]1CN(C(=O)c2cc(-n3cccn3)ccn2)C[C@H]1C(F)(F)F. The molecule has 25 heavy (non-hydrogen) atoms. The first kappa shape index (κ1) is 16.9. The van der Waals surface area contributed by atoms with Crippen LogP contribution in [0.4, 0.5) is 13.2 Å². The standard InChI is InChI=1S/C15H13F3N4O3/c16-15(17,18)11-8-21(7-10(11)14(24)25)13(23)12-6-9(2-4-19-12)22-5-1-3-20-22/h1-6,10-11H,7-8H2,(H,24,25)/t10-,11-/m1/s1. The van der Waals surface area contributed by atoms with Crippen LogP contribution < -0.4 is 0 Å². The average Bonchev–Trinajstić information content (AvgIpc) is 3.23. The molecule has 1 saturated heterocycles. The summed E-state index contributed by atoms with van der Waals surface area (Å²) in [4.78, 5) is 28.4. The van der Waals surface area contributed by atoms with Gasteiger partial charge in [-0.25, -0.2) is 4.68 Å². The number of carbonyl (C=O) groups is 2. The molecule has 1 aliphatic rings. The monoisotopic (exact) mass is 354 g/mol. The van der Waals surface area contributed by atoms with Crippen LogP contribution in [0.3, 0.4) is 0 Å². The van der Waals surface area contributed by atoms with Crippen LogP contribution in [0.15, 0.2) is 36.8 Å². The number of hydrogen-bond donors (Lipinski definition) is 1. The zero-order valence-electron chi connectivity index (χ0n) is 12.7. The third-order valence-corrected chi connectivity index (χ3v) is 4.08. The predicted molar refractivity (Wildman–Crippen MR) is 77.9 cm³/mol. The number of pyridine rings is 1. The Morgan fingerprint density at radius 2 is 2.00 bits per heavy atom. The van der Waals surface area contributed by atoms with Crippen LogP contribution in [0.5, 0.6) is 0 Å². The van der Waals surface area contributed by atoms with Crippen LogP contribution in [0.25, 0.3) is 5.69 Å². The van der Waals surface area contributed by atoms with E-state index in [0.29, 0.717) is 5.69 Å².